The Balaban J connectivity index is 4.67. The number of carboxylic acid groups (broad SMARTS) is 2. The maximum absolute atomic E-state index is 11.5. The van der Waals surface area contributed by atoms with Crippen molar-refractivity contribution in [3.8, 4) is 0 Å². The van der Waals surface area contributed by atoms with Gasteiger partial charge in [0, 0.05) is 14.1 Å². The molecule has 7 nitrogen and oxygen atoms in total. The second-order valence-electron chi connectivity index (χ2n) is 3.60. The van der Waals surface area contributed by atoms with Crippen LogP contribution in [-0.4, -0.2) is 71.1 Å². The van der Waals surface area contributed by atoms with Gasteiger partial charge < -0.3 is 15.1 Å². The molecule has 0 aliphatic carbocycles. The molecule has 1 atom stereocenters. The van der Waals surface area contributed by atoms with Crippen LogP contribution in [0.2, 0.25) is 0 Å². The highest BCUT2D eigenvalue weighted by Crippen LogP contribution is 2.02. The van der Waals surface area contributed by atoms with E-state index >= 15 is 0 Å². The molecule has 0 aromatic heterocycles. The first-order valence-corrected chi connectivity index (χ1v) is 4.64. The molecule has 1 amide bonds. The van der Waals surface area contributed by atoms with Gasteiger partial charge in [0.25, 0.3) is 0 Å². The fourth-order valence-corrected chi connectivity index (χ4v) is 1.21. The summed E-state index contributed by atoms with van der Waals surface area (Å²) in [5, 5.41) is 17.2. The number of rotatable bonds is 6. The average Bonchev–Trinajstić information content (AvgIpc) is 2.12. The molecule has 0 aliphatic heterocycles. The third-order valence-electron chi connectivity index (χ3n) is 2.02. The second-order valence-corrected chi connectivity index (χ2v) is 3.60. The fourth-order valence-electron chi connectivity index (χ4n) is 1.21. The molecule has 0 saturated carbocycles. The van der Waals surface area contributed by atoms with E-state index in [1.807, 2.05) is 0 Å². The zero-order chi connectivity index (χ0) is 12.9. The van der Waals surface area contributed by atoms with Gasteiger partial charge in [-0.05, 0) is 6.92 Å². The predicted molar refractivity (Wildman–Crippen MR) is 55.0 cm³/mol. The molecule has 0 fully saturated rings. The summed E-state index contributed by atoms with van der Waals surface area (Å²) in [4.78, 5) is 35.0. The van der Waals surface area contributed by atoms with Crippen molar-refractivity contribution < 1.29 is 24.6 Å². The van der Waals surface area contributed by atoms with E-state index < -0.39 is 31.1 Å². The van der Waals surface area contributed by atoms with E-state index in [-0.39, 0.29) is 5.91 Å². The maximum Gasteiger partial charge on any atom is 0.317 e. The SMILES string of the molecule is CC(C(=O)N(C)C)N(CC(=O)O)CC(=O)O. The molecule has 0 aromatic rings. The van der Waals surface area contributed by atoms with E-state index in [1.54, 1.807) is 0 Å². The molecule has 0 bridgehead atoms. The summed E-state index contributed by atoms with van der Waals surface area (Å²) in [6.45, 7) is 0.522. The van der Waals surface area contributed by atoms with Gasteiger partial charge in [0.1, 0.15) is 0 Å². The van der Waals surface area contributed by atoms with Crippen LogP contribution in [0.5, 0.6) is 0 Å². The van der Waals surface area contributed by atoms with Crippen LogP contribution in [0.3, 0.4) is 0 Å². The van der Waals surface area contributed by atoms with E-state index in [0.29, 0.717) is 0 Å². The lowest BCUT2D eigenvalue weighted by Crippen LogP contribution is -2.48. The van der Waals surface area contributed by atoms with Crippen LogP contribution in [-0.2, 0) is 14.4 Å². The summed E-state index contributed by atoms with van der Waals surface area (Å²) >= 11 is 0. The van der Waals surface area contributed by atoms with Crippen LogP contribution in [0.1, 0.15) is 6.92 Å². The normalized spacial score (nSPS) is 12.2. The van der Waals surface area contributed by atoms with Gasteiger partial charge in [-0.25, -0.2) is 0 Å². The minimum Gasteiger partial charge on any atom is -0.480 e. The summed E-state index contributed by atoms with van der Waals surface area (Å²) in [5.41, 5.74) is 0. The average molecular weight is 232 g/mol. The van der Waals surface area contributed by atoms with E-state index in [9.17, 15) is 14.4 Å². The number of carbonyl (C=O) groups excluding carboxylic acids is 1. The van der Waals surface area contributed by atoms with Crippen LogP contribution in [0.4, 0.5) is 0 Å². The van der Waals surface area contributed by atoms with E-state index in [1.165, 1.54) is 25.9 Å². The number of likely N-dealkylation sites (N-methyl/N-ethyl adjacent to an activating group) is 1. The number of carboxylic acids is 2. The standard InChI is InChI=1S/C9H16N2O5/c1-6(9(16)10(2)3)11(4-7(12)13)5-8(14)15/h6H,4-5H2,1-3H3,(H,12,13)(H,14,15). The summed E-state index contributed by atoms with van der Waals surface area (Å²) in [6, 6.07) is -0.776. The summed E-state index contributed by atoms with van der Waals surface area (Å²) < 4.78 is 0. The van der Waals surface area contributed by atoms with Gasteiger partial charge in [0.05, 0.1) is 19.1 Å². The second kappa shape index (κ2) is 6.06. The van der Waals surface area contributed by atoms with Gasteiger partial charge in [0.2, 0.25) is 5.91 Å². The Morgan fingerprint density at radius 1 is 1.06 bits per heavy atom. The van der Waals surface area contributed by atoms with Crippen molar-refractivity contribution in [2.75, 3.05) is 27.2 Å². The fraction of sp³-hybridized carbons (Fsp3) is 0.667. The minimum atomic E-state index is -1.17. The van der Waals surface area contributed by atoms with Crippen molar-refractivity contribution in [3.05, 3.63) is 0 Å². The lowest BCUT2D eigenvalue weighted by atomic mass is 10.2. The van der Waals surface area contributed by atoms with Gasteiger partial charge in [-0.2, -0.15) is 0 Å². The molecule has 0 heterocycles. The summed E-state index contributed by atoms with van der Waals surface area (Å²) in [5.74, 6) is -2.66. The van der Waals surface area contributed by atoms with Gasteiger partial charge in [-0.1, -0.05) is 0 Å². The van der Waals surface area contributed by atoms with Crippen LogP contribution >= 0.6 is 0 Å². The van der Waals surface area contributed by atoms with Crippen LogP contribution in [0.15, 0.2) is 0 Å². The minimum absolute atomic E-state index is 0.331. The molecule has 0 spiro atoms. The van der Waals surface area contributed by atoms with Crippen molar-refractivity contribution >= 4 is 17.8 Å². The molecule has 7 heteroatoms. The highest BCUT2D eigenvalue weighted by molar-refractivity contribution is 5.82. The first-order valence-electron chi connectivity index (χ1n) is 4.64. The van der Waals surface area contributed by atoms with Gasteiger partial charge >= 0.3 is 11.9 Å². The summed E-state index contributed by atoms with van der Waals surface area (Å²) in [6.07, 6.45) is 0. The Kier molecular flexibility index (Phi) is 5.44. The molecule has 0 aliphatic rings. The molecule has 0 rings (SSSR count). The van der Waals surface area contributed by atoms with E-state index in [4.69, 9.17) is 10.2 Å². The van der Waals surface area contributed by atoms with Crippen molar-refractivity contribution in [3.63, 3.8) is 0 Å². The van der Waals surface area contributed by atoms with Crippen LogP contribution < -0.4 is 0 Å². The molecule has 0 aromatic carbocycles. The first-order chi connectivity index (χ1) is 7.25. The number of hydrogen-bond donors (Lipinski definition) is 2. The molecule has 0 saturated heterocycles. The predicted octanol–water partition coefficient (Wildman–Crippen LogP) is -1.07. The highest BCUT2D eigenvalue weighted by Gasteiger charge is 2.26. The smallest absolute Gasteiger partial charge is 0.317 e. The Hall–Kier alpha value is -1.63. The maximum atomic E-state index is 11.5. The van der Waals surface area contributed by atoms with Crippen molar-refractivity contribution in [2.24, 2.45) is 0 Å². The third-order valence-corrected chi connectivity index (χ3v) is 2.02. The quantitative estimate of drug-likeness (QED) is 0.605. The molecular weight excluding hydrogens is 216 g/mol. The number of hydrogen-bond acceptors (Lipinski definition) is 4. The van der Waals surface area contributed by atoms with Crippen molar-refractivity contribution in [1.29, 1.82) is 0 Å². The zero-order valence-electron chi connectivity index (χ0n) is 9.51. The number of aliphatic carboxylic acids is 2. The molecule has 2 N–H and O–H groups in total. The summed E-state index contributed by atoms with van der Waals surface area (Å²) in [7, 11) is 3.05. The molecule has 92 valence electrons. The van der Waals surface area contributed by atoms with Crippen molar-refractivity contribution in [1.82, 2.24) is 9.80 Å². The lowest BCUT2D eigenvalue weighted by molar-refractivity contribution is -0.145. The van der Waals surface area contributed by atoms with Crippen LogP contribution in [0, 0.1) is 0 Å². The molecule has 0 radical (unpaired) electrons. The number of amides is 1. The van der Waals surface area contributed by atoms with Crippen LogP contribution in [0.25, 0.3) is 0 Å². The van der Waals surface area contributed by atoms with Gasteiger partial charge in [-0.3, -0.25) is 19.3 Å². The van der Waals surface area contributed by atoms with E-state index in [2.05, 4.69) is 0 Å². The zero-order valence-corrected chi connectivity index (χ0v) is 9.51. The third kappa shape index (κ3) is 4.74. The molecule has 1 unspecified atom stereocenters. The monoisotopic (exact) mass is 232 g/mol. The number of nitrogens with zero attached hydrogens (tertiary/aromatic N) is 2. The van der Waals surface area contributed by atoms with Gasteiger partial charge in [-0.15, -0.1) is 0 Å². The lowest BCUT2D eigenvalue weighted by Gasteiger charge is -2.26. The Bertz CT molecular complexity index is 274. The number of carbonyl (C=O) groups is 3. The largest absolute Gasteiger partial charge is 0.480 e. The Labute approximate surface area is 93.3 Å². The first kappa shape index (κ1) is 14.4. The Morgan fingerprint density at radius 2 is 1.44 bits per heavy atom. The van der Waals surface area contributed by atoms with Gasteiger partial charge in [0.15, 0.2) is 0 Å². The topological polar surface area (TPSA) is 98.2 Å². The Morgan fingerprint density at radius 3 is 1.69 bits per heavy atom. The molecule has 16 heavy (non-hydrogen) atoms. The highest BCUT2D eigenvalue weighted by atomic mass is 16.4. The molecular formula is C9H16N2O5. The van der Waals surface area contributed by atoms with Crippen molar-refractivity contribution in [2.45, 2.75) is 13.0 Å². The van der Waals surface area contributed by atoms with E-state index in [0.717, 1.165) is 4.90 Å².